The Morgan fingerprint density at radius 3 is 1.85 bits per heavy atom. The van der Waals surface area contributed by atoms with E-state index in [0.29, 0.717) is 0 Å². The molecule has 0 bridgehead atoms. The van der Waals surface area contributed by atoms with Gasteiger partial charge in [-0.1, -0.05) is 0 Å². The number of carbonyl (C=O) groups excluding carboxylic acids is 1. The average Bonchev–Trinajstić information content (AvgIpc) is 1.55. The summed E-state index contributed by atoms with van der Waals surface area (Å²) < 4.78 is 26.6. The summed E-state index contributed by atoms with van der Waals surface area (Å²) in [7, 11) is -10.1. The first kappa shape index (κ1) is 20.8. The number of rotatable bonds is 4. The van der Waals surface area contributed by atoms with Crippen LogP contribution in [0.2, 0.25) is 0 Å². The summed E-state index contributed by atoms with van der Waals surface area (Å²) in [4.78, 5) is 33.5. The van der Waals surface area contributed by atoms with Crippen LogP contribution in [0.15, 0.2) is 0 Å². The first-order chi connectivity index (χ1) is 4.77. The number of hydrogen-bond acceptors (Lipinski definition) is 5. The zero-order valence-electron chi connectivity index (χ0n) is 8.85. The number of hydrogen-bond donors (Lipinski definition) is 3. The standard InChI is InChI=1S/CH4O8P2.K.Na.2H/c2-1-8-11(6,7)9-10(3,4)5;;;;/h1H,(H,6,7)(H2,3,4,5);;;;/q;2*+1;2*-1. The molecule has 0 aliphatic carbocycles. The Balaban J connectivity index is -0.0000000833. The Bertz CT molecular complexity index is 243. The molecule has 0 rings (SSSR count). The van der Waals surface area contributed by atoms with Crippen LogP contribution in [-0.4, -0.2) is 21.2 Å². The van der Waals surface area contributed by atoms with E-state index < -0.39 is 22.1 Å². The molecule has 0 saturated carbocycles. The minimum Gasteiger partial charge on any atom is -1.00 e. The normalized spacial score (nSPS) is 14.4. The van der Waals surface area contributed by atoms with Gasteiger partial charge in [0.2, 0.25) is 0 Å². The van der Waals surface area contributed by atoms with Crippen LogP contribution in [0.25, 0.3) is 0 Å². The average molecular weight is 270 g/mol. The van der Waals surface area contributed by atoms with Gasteiger partial charge in [-0.3, -0.25) is 9.69 Å². The van der Waals surface area contributed by atoms with E-state index in [4.69, 9.17) is 14.7 Å². The van der Waals surface area contributed by atoms with Crippen LogP contribution in [-0.2, 0) is 22.8 Å². The zero-order valence-corrected chi connectivity index (χ0v) is 13.8. The maximum absolute atomic E-state index is 10.2. The molecule has 0 saturated heterocycles. The fourth-order valence-corrected chi connectivity index (χ4v) is 1.55. The summed E-state index contributed by atoms with van der Waals surface area (Å²) in [6.45, 7) is -0.462. The number of carbonyl (C=O) groups is 1. The third-order valence-corrected chi connectivity index (χ3v) is 2.41. The van der Waals surface area contributed by atoms with Gasteiger partial charge >= 0.3 is 103 Å². The van der Waals surface area contributed by atoms with E-state index in [9.17, 15) is 13.9 Å². The third-order valence-electron chi connectivity index (χ3n) is 0.386. The summed E-state index contributed by atoms with van der Waals surface area (Å²) in [5.74, 6) is 0. The first-order valence-corrected chi connectivity index (χ1v) is 5.01. The molecule has 0 aromatic carbocycles. The summed E-state index contributed by atoms with van der Waals surface area (Å²) in [5, 5.41) is 0. The number of phosphoric acid groups is 2. The zero-order chi connectivity index (χ0) is 9.12. The largest absolute Gasteiger partial charge is 1.00 e. The molecular weight excluding hydrogens is 264 g/mol. The molecule has 0 aliphatic rings. The van der Waals surface area contributed by atoms with Crippen LogP contribution >= 0.6 is 15.6 Å². The topological polar surface area (TPSA) is 130 Å². The van der Waals surface area contributed by atoms with Gasteiger partial charge in [0, 0.05) is 0 Å². The van der Waals surface area contributed by atoms with Gasteiger partial charge in [-0.05, 0) is 0 Å². The van der Waals surface area contributed by atoms with Crippen LogP contribution in [0.5, 0.6) is 0 Å². The van der Waals surface area contributed by atoms with Crippen molar-refractivity contribution in [3.63, 3.8) is 0 Å². The van der Waals surface area contributed by atoms with Gasteiger partial charge in [0.1, 0.15) is 0 Å². The van der Waals surface area contributed by atoms with Crippen LogP contribution in [0.4, 0.5) is 0 Å². The van der Waals surface area contributed by atoms with Crippen LogP contribution in [0.1, 0.15) is 2.85 Å². The molecule has 8 nitrogen and oxygen atoms in total. The van der Waals surface area contributed by atoms with E-state index in [1.165, 1.54) is 0 Å². The summed E-state index contributed by atoms with van der Waals surface area (Å²) in [6.07, 6.45) is 0. The maximum atomic E-state index is 10.2. The van der Waals surface area contributed by atoms with Crippen molar-refractivity contribution < 1.29 is 121 Å². The van der Waals surface area contributed by atoms with Gasteiger partial charge in [0.15, 0.2) is 0 Å². The molecule has 3 N–H and O–H groups in total. The van der Waals surface area contributed by atoms with Crippen molar-refractivity contribution in [3.05, 3.63) is 0 Å². The predicted molar refractivity (Wildman–Crippen MR) is 32.3 cm³/mol. The first-order valence-electron chi connectivity index (χ1n) is 1.98. The van der Waals surface area contributed by atoms with Crippen molar-refractivity contribution in [2.75, 3.05) is 0 Å². The fraction of sp³-hybridized carbons (Fsp3) is 0. The van der Waals surface area contributed by atoms with Gasteiger partial charge in [0.05, 0.1) is 0 Å². The van der Waals surface area contributed by atoms with Crippen molar-refractivity contribution in [1.29, 1.82) is 0 Å². The minimum absolute atomic E-state index is 0. The van der Waals surface area contributed by atoms with E-state index >= 15 is 0 Å². The molecule has 0 amide bonds. The molecule has 13 heavy (non-hydrogen) atoms. The molecule has 12 heteroatoms. The Kier molecular flexibility index (Phi) is 13.7. The van der Waals surface area contributed by atoms with Crippen molar-refractivity contribution in [2.24, 2.45) is 0 Å². The van der Waals surface area contributed by atoms with Gasteiger partial charge < -0.3 is 17.2 Å². The van der Waals surface area contributed by atoms with Crippen molar-refractivity contribution in [1.82, 2.24) is 0 Å². The summed E-state index contributed by atoms with van der Waals surface area (Å²) in [5.41, 5.74) is 0. The van der Waals surface area contributed by atoms with E-state index in [2.05, 4.69) is 8.83 Å². The van der Waals surface area contributed by atoms with E-state index in [0.717, 1.165) is 0 Å². The molecule has 0 aromatic rings. The Morgan fingerprint density at radius 1 is 1.23 bits per heavy atom. The minimum atomic E-state index is -5.11. The molecule has 0 aliphatic heterocycles. The fourth-order valence-electron chi connectivity index (χ4n) is 0.208. The Morgan fingerprint density at radius 2 is 1.62 bits per heavy atom. The quantitative estimate of drug-likeness (QED) is 0.261. The third kappa shape index (κ3) is 14.4. The maximum Gasteiger partial charge on any atom is 1.00 e. The molecular formula is CH6KNaO8P2. The van der Waals surface area contributed by atoms with Crippen molar-refractivity contribution >= 4 is 22.1 Å². The van der Waals surface area contributed by atoms with Crippen LogP contribution in [0.3, 0.4) is 0 Å². The summed E-state index contributed by atoms with van der Waals surface area (Å²) >= 11 is 0. The molecule has 0 radical (unpaired) electrons. The van der Waals surface area contributed by atoms with E-state index in [1.54, 1.807) is 0 Å². The van der Waals surface area contributed by atoms with Gasteiger partial charge in [0.25, 0.3) is 0 Å². The van der Waals surface area contributed by atoms with E-state index in [1.807, 2.05) is 0 Å². The van der Waals surface area contributed by atoms with Crippen LogP contribution in [0, 0.1) is 0 Å². The molecule has 0 fully saturated rings. The van der Waals surface area contributed by atoms with Gasteiger partial charge in [-0.2, -0.15) is 4.31 Å². The SMILES string of the molecule is O=COP(=O)(O)OP(=O)(O)O.[H-].[H-].[K+].[Na+]. The summed E-state index contributed by atoms with van der Waals surface area (Å²) in [6, 6.07) is 0. The smallest absolute Gasteiger partial charge is 1.00 e. The molecule has 0 aromatic heterocycles. The Hall–Kier alpha value is 2.41. The molecule has 0 spiro atoms. The van der Waals surface area contributed by atoms with E-state index in [-0.39, 0.29) is 83.8 Å². The molecule has 70 valence electrons. The van der Waals surface area contributed by atoms with Gasteiger partial charge in [-0.15, -0.1) is 0 Å². The Labute approximate surface area is 141 Å². The second-order valence-electron chi connectivity index (χ2n) is 1.24. The van der Waals surface area contributed by atoms with Crippen LogP contribution < -0.4 is 80.9 Å². The van der Waals surface area contributed by atoms with Crippen molar-refractivity contribution in [2.45, 2.75) is 0 Å². The monoisotopic (exact) mass is 270 g/mol. The second-order valence-corrected chi connectivity index (χ2v) is 4.02. The molecule has 0 heterocycles. The van der Waals surface area contributed by atoms with Gasteiger partial charge in [-0.25, -0.2) is 9.13 Å². The predicted octanol–water partition coefficient (Wildman–Crippen LogP) is -6.40. The second kappa shape index (κ2) is 8.55. The number of phosphoric ester groups is 1. The van der Waals surface area contributed by atoms with Crippen molar-refractivity contribution in [3.8, 4) is 0 Å². The molecule has 1 unspecified atom stereocenters. The molecule has 1 atom stereocenters.